The summed E-state index contributed by atoms with van der Waals surface area (Å²) >= 11 is 0. The van der Waals surface area contributed by atoms with Crippen LogP contribution in [-0.2, 0) is 26.0 Å². The first-order valence-corrected chi connectivity index (χ1v) is 10.5. The first-order valence-electron chi connectivity index (χ1n) is 9.04. The van der Waals surface area contributed by atoms with E-state index in [-0.39, 0.29) is 22.9 Å². The number of morpholine rings is 1. The number of carbonyl (C=O) groups excluding carboxylic acids is 1. The molecule has 0 aromatic heterocycles. The molecule has 1 fully saturated rings. The molecule has 2 atom stereocenters. The van der Waals surface area contributed by atoms with Crippen LogP contribution in [-0.4, -0.2) is 64.2 Å². The third-order valence-electron chi connectivity index (χ3n) is 5.15. The van der Waals surface area contributed by atoms with Crippen molar-refractivity contribution in [2.45, 2.75) is 44.2 Å². The van der Waals surface area contributed by atoms with E-state index < -0.39 is 10.0 Å². The lowest BCUT2D eigenvalue weighted by atomic mass is 10.1. The van der Waals surface area contributed by atoms with E-state index in [4.69, 9.17) is 4.74 Å². The van der Waals surface area contributed by atoms with Crippen molar-refractivity contribution in [3.63, 3.8) is 0 Å². The molecule has 8 heteroatoms. The van der Waals surface area contributed by atoms with Crippen LogP contribution in [0, 0.1) is 0 Å². The van der Waals surface area contributed by atoms with Crippen LogP contribution >= 0.6 is 0 Å². The van der Waals surface area contributed by atoms with Crippen LogP contribution in [0.4, 0.5) is 5.69 Å². The Morgan fingerprint density at radius 2 is 2.04 bits per heavy atom. The minimum absolute atomic E-state index is 0.0238. The van der Waals surface area contributed by atoms with Crippen molar-refractivity contribution in [2.75, 3.05) is 37.7 Å². The zero-order valence-corrected chi connectivity index (χ0v) is 16.4. The summed E-state index contributed by atoms with van der Waals surface area (Å²) in [5.41, 5.74) is 1.71. The van der Waals surface area contributed by atoms with E-state index in [1.54, 1.807) is 23.1 Å². The molecule has 0 saturated carbocycles. The first kappa shape index (κ1) is 19.3. The van der Waals surface area contributed by atoms with Gasteiger partial charge in [-0.1, -0.05) is 0 Å². The van der Waals surface area contributed by atoms with Gasteiger partial charge in [-0.15, -0.1) is 0 Å². The highest BCUT2D eigenvalue weighted by Crippen LogP contribution is 2.33. The lowest BCUT2D eigenvalue weighted by molar-refractivity contribution is -0.116. The summed E-state index contributed by atoms with van der Waals surface area (Å²) in [5, 5.41) is 0. The smallest absolute Gasteiger partial charge is 0.240 e. The number of nitrogens with zero attached hydrogens (tertiary/aromatic N) is 2. The number of ether oxygens (including phenoxy) is 1. The van der Waals surface area contributed by atoms with E-state index in [1.807, 2.05) is 13.8 Å². The van der Waals surface area contributed by atoms with Gasteiger partial charge in [0.25, 0.3) is 0 Å². The van der Waals surface area contributed by atoms with Crippen LogP contribution in [0.1, 0.15) is 26.3 Å². The Balaban J connectivity index is 1.70. The third-order valence-corrected chi connectivity index (χ3v) is 6.58. The SMILES string of the molecule is CC(=O)N1c2ccc(S(=O)(=O)NCC(C)N3CCOCC3)cc2CC1C. The van der Waals surface area contributed by atoms with Gasteiger partial charge >= 0.3 is 0 Å². The summed E-state index contributed by atoms with van der Waals surface area (Å²) in [6.07, 6.45) is 0.669. The van der Waals surface area contributed by atoms with Crippen molar-refractivity contribution in [3.05, 3.63) is 23.8 Å². The molecule has 7 nitrogen and oxygen atoms in total. The van der Waals surface area contributed by atoms with Gasteiger partial charge < -0.3 is 9.64 Å². The minimum atomic E-state index is -3.58. The molecule has 2 heterocycles. The molecule has 0 radical (unpaired) electrons. The van der Waals surface area contributed by atoms with Gasteiger partial charge in [0.2, 0.25) is 15.9 Å². The summed E-state index contributed by atoms with van der Waals surface area (Å²) in [5.74, 6) is -0.0238. The maximum atomic E-state index is 12.7. The molecule has 2 aliphatic rings. The van der Waals surface area contributed by atoms with Crippen molar-refractivity contribution < 1.29 is 17.9 Å². The average molecular weight is 381 g/mol. The zero-order valence-electron chi connectivity index (χ0n) is 15.6. The molecule has 1 aromatic rings. The molecular weight excluding hydrogens is 354 g/mol. The average Bonchev–Trinajstić information content (AvgIpc) is 2.95. The minimum Gasteiger partial charge on any atom is -0.379 e. The molecule has 2 aliphatic heterocycles. The molecule has 1 N–H and O–H groups in total. The number of nitrogens with one attached hydrogen (secondary N) is 1. The van der Waals surface area contributed by atoms with Crippen molar-refractivity contribution in [2.24, 2.45) is 0 Å². The lowest BCUT2D eigenvalue weighted by Crippen LogP contribution is -2.47. The Morgan fingerprint density at radius 3 is 2.69 bits per heavy atom. The number of rotatable bonds is 5. The van der Waals surface area contributed by atoms with Gasteiger partial charge in [0.05, 0.1) is 18.1 Å². The number of hydrogen-bond donors (Lipinski definition) is 1. The monoisotopic (exact) mass is 381 g/mol. The van der Waals surface area contributed by atoms with Gasteiger partial charge in [-0.25, -0.2) is 13.1 Å². The molecule has 144 valence electrons. The molecule has 26 heavy (non-hydrogen) atoms. The van der Waals surface area contributed by atoms with Gasteiger partial charge in [0.15, 0.2) is 0 Å². The highest BCUT2D eigenvalue weighted by atomic mass is 32.2. The number of anilines is 1. The van der Waals surface area contributed by atoms with Crippen LogP contribution in [0.25, 0.3) is 0 Å². The van der Waals surface area contributed by atoms with Gasteiger partial charge in [-0.2, -0.15) is 0 Å². The number of sulfonamides is 1. The van der Waals surface area contributed by atoms with E-state index >= 15 is 0 Å². The van der Waals surface area contributed by atoms with Crippen LogP contribution in [0.15, 0.2) is 23.1 Å². The molecule has 3 rings (SSSR count). The van der Waals surface area contributed by atoms with E-state index in [1.165, 1.54) is 6.92 Å². The second-order valence-corrected chi connectivity index (χ2v) is 8.85. The second kappa shape index (κ2) is 7.64. The maximum absolute atomic E-state index is 12.7. The second-order valence-electron chi connectivity index (χ2n) is 7.08. The summed E-state index contributed by atoms with van der Waals surface area (Å²) in [4.78, 5) is 16.0. The van der Waals surface area contributed by atoms with Crippen molar-refractivity contribution >= 4 is 21.6 Å². The van der Waals surface area contributed by atoms with E-state index in [2.05, 4.69) is 9.62 Å². The summed E-state index contributed by atoms with van der Waals surface area (Å²) in [6, 6.07) is 5.16. The molecule has 1 aromatic carbocycles. The van der Waals surface area contributed by atoms with Crippen LogP contribution in [0.3, 0.4) is 0 Å². The molecule has 0 aliphatic carbocycles. The largest absolute Gasteiger partial charge is 0.379 e. The molecular formula is C18H27N3O4S. The quantitative estimate of drug-likeness (QED) is 0.823. The Morgan fingerprint density at radius 1 is 1.35 bits per heavy atom. The fraction of sp³-hybridized carbons (Fsp3) is 0.611. The molecule has 2 unspecified atom stereocenters. The number of carbonyl (C=O) groups is 1. The predicted octanol–water partition coefficient (Wildman–Crippen LogP) is 0.983. The van der Waals surface area contributed by atoms with Crippen molar-refractivity contribution in [3.8, 4) is 0 Å². The number of amides is 1. The van der Waals surface area contributed by atoms with Gasteiger partial charge in [-0.3, -0.25) is 9.69 Å². The highest BCUT2D eigenvalue weighted by Gasteiger charge is 2.30. The topological polar surface area (TPSA) is 79.0 Å². The number of fused-ring (bicyclic) bond motifs is 1. The van der Waals surface area contributed by atoms with Crippen LogP contribution in [0.5, 0.6) is 0 Å². The number of benzene rings is 1. The van der Waals surface area contributed by atoms with Crippen molar-refractivity contribution in [1.82, 2.24) is 9.62 Å². The van der Waals surface area contributed by atoms with E-state index in [0.29, 0.717) is 26.2 Å². The van der Waals surface area contributed by atoms with Gasteiger partial charge in [0.1, 0.15) is 0 Å². The normalized spacial score (nSPS) is 22.3. The molecule has 0 bridgehead atoms. The zero-order chi connectivity index (χ0) is 18.9. The fourth-order valence-corrected chi connectivity index (χ4v) is 4.89. The Bertz CT molecular complexity index is 775. The third kappa shape index (κ3) is 3.93. The lowest BCUT2D eigenvalue weighted by Gasteiger charge is -2.32. The predicted molar refractivity (Wildman–Crippen MR) is 99.8 cm³/mol. The highest BCUT2D eigenvalue weighted by molar-refractivity contribution is 7.89. The number of hydrogen-bond acceptors (Lipinski definition) is 5. The van der Waals surface area contributed by atoms with Crippen LogP contribution in [0.2, 0.25) is 0 Å². The standard InChI is InChI=1S/C18H27N3O4S/c1-13-10-16-11-17(4-5-18(16)21(13)15(3)22)26(23,24)19-12-14(2)20-6-8-25-9-7-20/h4-5,11,13-14,19H,6-10,12H2,1-3H3. The maximum Gasteiger partial charge on any atom is 0.240 e. The van der Waals surface area contributed by atoms with E-state index in [9.17, 15) is 13.2 Å². The van der Waals surface area contributed by atoms with Gasteiger partial charge in [0, 0.05) is 44.3 Å². The Labute approximate surface area is 155 Å². The van der Waals surface area contributed by atoms with Crippen molar-refractivity contribution in [1.29, 1.82) is 0 Å². The fourth-order valence-electron chi connectivity index (χ4n) is 3.72. The summed E-state index contributed by atoms with van der Waals surface area (Å²) < 4.78 is 33.4. The Kier molecular flexibility index (Phi) is 5.67. The molecule has 1 saturated heterocycles. The summed E-state index contributed by atoms with van der Waals surface area (Å²) in [7, 11) is -3.58. The molecule has 0 spiro atoms. The van der Waals surface area contributed by atoms with Crippen LogP contribution < -0.4 is 9.62 Å². The Hall–Kier alpha value is -1.48. The van der Waals surface area contributed by atoms with Gasteiger partial charge in [-0.05, 0) is 44.0 Å². The molecule has 1 amide bonds. The summed E-state index contributed by atoms with van der Waals surface area (Å²) in [6.45, 7) is 8.89. The van der Waals surface area contributed by atoms with E-state index in [0.717, 1.165) is 24.3 Å². The first-order chi connectivity index (χ1) is 12.3.